The van der Waals surface area contributed by atoms with Crippen LogP contribution in [0.3, 0.4) is 0 Å². The first-order valence-electron chi connectivity index (χ1n) is 5.57. The second kappa shape index (κ2) is 4.10. The van der Waals surface area contributed by atoms with Crippen molar-refractivity contribution in [3.05, 3.63) is 29.5 Å². The molecular formula is C13H17ClN2. The van der Waals surface area contributed by atoms with Crippen LogP contribution in [0.15, 0.2) is 24.5 Å². The van der Waals surface area contributed by atoms with Gasteiger partial charge in [-0.2, -0.15) is 0 Å². The van der Waals surface area contributed by atoms with Gasteiger partial charge in [0.25, 0.3) is 0 Å². The predicted octanol–water partition coefficient (Wildman–Crippen LogP) is 4.13. The topological polar surface area (TPSA) is 17.8 Å². The van der Waals surface area contributed by atoms with Crippen molar-refractivity contribution in [2.75, 3.05) is 0 Å². The number of aryl methyl sites for hydroxylation is 1. The highest BCUT2D eigenvalue weighted by Crippen LogP contribution is 2.24. The third kappa shape index (κ3) is 2.38. The number of rotatable bonds is 2. The van der Waals surface area contributed by atoms with Crippen LogP contribution in [0.2, 0.25) is 5.02 Å². The van der Waals surface area contributed by atoms with E-state index in [-0.39, 0.29) is 0 Å². The fourth-order valence-corrected chi connectivity index (χ4v) is 1.91. The Labute approximate surface area is 101 Å². The molecule has 1 aromatic heterocycles. The van der Waals surface area contributed by atoms with E-state index in [1.165, 1.54) is 0 Å². The van der Waals surface area contributed by atoms with E-state index in [0.717, 1.165) is 29.0 Å². The first kappa shape index (κ1) is 11.5. The standard InChI is InChI=1S/C13H17ClN2/c1-13(2,3)7-8-16-9-15-12-10(14)5-4-6-11(12)16/h4-6,9H,7-8H2,1-3H3. The normalized spacial score (nSPS) is 12.2. The largest absolute Gasteiger partial charge is 0.331 e. The molecule has 0 aliphatic carbocycles. The lowest BCUT2D eigenvalue weighted by Crippen LogP contribution is -2.09. The molecule has 2 aromatic rings. The van der Waals surface area contributed by atoms with Crippen molar-refractivity contribution in [3.63, 3.8) is 0 Å². The van der Waals surface area contributed by atoms with Crippen molar-refractivity contribution in [1.29, 1.82) is 0 Å². The maximum absolute atomic E-state index is 6.08. The van der Waals surface area contributed by atoms with Crippen LogP contribution in [-0.4, -0.2) is 9.55 Å². The van der Waals surface area contributed by atoms with Crippen molar-refractivity contribution < 1.29 is 0 Å². The molecule has 0 aliphatic rings. The van der Waals surface area contributed by atoms with Crippen molar-refractivity contribution in [3.8, 4) is 0 Å². The zero-order valence-electron chi connectivity index (χ0n) is 10.00. The van der Waals surface area contributed by atoms with E-state index >= 15 is 0 Å². The molecule has 0 spiro atoms. The van der Waals surface area contributed by atoms with Crippen LogP contribution in [0.25, 0.3) is 11.0 Å². The van der Waals surface area contributed by atoms with Crippen LogP contribution < -0.4 is 0 Å². The van der Waals surface area contributed by atoms with Crippen LogP contribution in [0.1, 0.15) is 27.2 Å². The Bertz CT molecular complexity index is 494. The Morgan fingerprint density at radius 3 is 2.75 bits per heavy atom. The van der Waals surface area contributed by atoms with Crippen LogP contribution in [0.5, 0.6) is 0 Å². The number of benzene rings is 1. The molecule has 0 unspecified atom stereocenters. The number of halogens is 1. The molecule has 1 aromatic carbocycles. The van der Waals surface area contributed by atoms with Gasteiger partial charge in [-0.15, -0.1) is 0 Å². The summed E-state index contributed by atoms with van der Waals surface area (Å²) < 4.78 is 2.17. The van der Waals surface area contributed by atoms with Crippen molar-refractivity contribution in [2.24, 2.45) is 5.41 Å². The fourth-order valence-electron chi connectivity index (χ4n) is 1.69. The van der Waals surface area contributed by atoms with E-state index in [2.05, 4.69) is 36.4 Å². The van der Waals surface area contributed by atoms with Gasteiger partial charge in [-0.3, -0.25) is 0 Å². The summed E-state index contributed by atoms with van der Waals surface area (Å²) in [5, 5.41) is 0.729. The van der Waals surface area contributed by atoms with Gasteiger partial charge in [0.05, 0.1) is 16.9 Å². The zero-order chi connectivity index (χ0) is 11.8. The molecule has 0 atom stereocenters. The molecule has 16 heavy (non-hydrogen) atoms. The average molecular weight is 237 g/mol. The minimum absolute atomic E-state index is 0.342. The summed E-state index contributed by atoms with van der Waals surface area (Å²) in [4.78, 5) is 4.35. The Kier molecular flexibility index (Phi) is 2.94. The van der Waals surface area contributed by atoms with E-state index in [0.29, 0.717) is 5.41 Å². The third-order valence-corrected chi connectivity index (χ3v) is 3.01. The van der Waals surface area contributed by atoms with Crippen molar-refractivity contribution >= 4 is 22.6 Å². The minimum atomic E-state index is 0.342. The monoisotopic (exact) mass is 236 g/mol. The molecular weight excluding hydrogens is 220 g/mol. The highest BCUT2D eigenvalue weighted by Gasteiger charge is 2.11. The molecule has 0 radical (unpaired) electrons. The van der Waals surface area contributed by atoms with Gasteiger partial charge in [-0.05, 0) is 24.0 Å². The molecule has 1 heterocycles. The molecule has 0 saturated carbocycles. The van der Waals surface area contributed by atoms with Gasteiger partial charge < -0.3 is 4.57 Å². The predicted molar refractivity (Wildman–Crippen MR) is 68.8 cm³/mol. The number of fused-ring (bicyclic) bond motifs is 1. The minimum Gasteiger partial charge on any atom is -0.331 e. The van der Waals surface area contributed by atoms with Gasteiger partial charge >= 0.3 is 0 Å². The summed E-state index contributed by atoms with van der Waals surface area (Å²) in [5.41, 5.74) is 2.37. The van der Waals surface area contributed by atoms with Crippen LogP contribution >= 0.6 is 11.6 Å². The number of aromatic nitrogens is 2. The second-order valence-corrected chi connectivity index (χ2v) is 5.76. The number of hydrogen-bond acceptors (Lipinski definition) is 1. The number of imidazole rings is 1. The molecule has 0 fully saturated rings. The second-order valence-electron chi connectivity index (χ2n) is 5.36. The van der Waals surface area contributed by atoms with E-state index in [9.17, 15) is 0 Å². The maximum Gasteiger partial charge on any atom is 0.107 e. The fraction of sp³-hybridized carbons (Fsp3) is 0.462. The van der Waals surface area contributed by atoms with Crippen LogP contribution in [0.4, 0.5) is 0 Å². The highest BCUT2D eigenvalue weighted by molar-refractivity contribution is 6.34. The lowest BCUT2D eigenvalue weighted by Gasteiger charge is -2.18. The Hall–Kier alpha value is -1.02. The molecule has 2 rings (SSSR count). The Morgan fingerprint density at radius 1 is 1.31 bits per heavy atom. The molecule has 0 aliphatic heterocycles. The van der Waals surface area contributed by atoms with E-state index < -0.39 is 0 Å². The first-order chi connectivity index (χ1) is 7.47. The van der Waals surface area contributed by atoms with Gasteiger partial charge in [0.2, 0.25) is 0 Å². The van der Waals surface area contributed by atoms with E-state index in [1.54, 1.807) is 0 Å². The quantitative estimate of drug-likeness (QED) is 0.767. The molecule has 2 nitrogen and oxygen atoms in total. The number of nitrogens with zero attached hydrogens (tertiary/aromatic N) is 2. The van der Waals surface area contributed by atoms with E-state index in [4.69, 9.17) is 11.6 Å². The van der Waals surface area contributed by atoms with Gasteiger partial charge in [0.15, 0.2) is 0 Å². The molecule has 3 heteroatoms. The summed E-state index contributed by atoms with van der Waals surface area (Å²) in [5.74, 6) is 0. The molecule has 0 saturated heterocycles. The molecule has 86 valence electrons. The number of para-hydroxylation sites is 1. The van der Waals surface area contributed by atoms with Gasteiger partial charge in [0, 0.05) is 6.54 Å². The third-order valence-electron chi connectivity index (χ3n) is 2.70. The summed E-state index contributed by atoms with van der Waals surface area (Å²) in [6, 6.07) is 5.92. The van der Waals surface area contributed by atoms with E-state index in [1.807, 2.05) is 18.5 Å². The molecule has 0 amide bonds. The smallest absolute Gasteiger partial charge is 0.107 e. The van der Waals surface area contributed by atoms with Gasteiger partial charge in [0.1, 0.15) is 5.52 Å². The SMILES string of the molecule is CC(C)(C)CCn1cnc2c(Cl)cccc21. The summed E-state index contributed by atoms with van der Waals surface area (Å²) in [6.07, 6.45) is 3.01. The molecule has 0 N–H and O–H groups in total. The van der Waals surface area contributed by atoms with Crippen molar-refractivity contribution in [1.82, 2.24) is 9.55 Å². The summed E-state index contributed by atoms with van der Waals surface area (Å²) >= 11 is 6.08. The lowest BCUT2D eigenvalue weighted by atomic mass is 9.92. The zero-order valence-corrected chi connectivity index (χ0v) is 10.8. The Morgan fingerprint density at radius 2 is 2.06 bits per heavy atom. The Balaban J connectivity index is 2.29. The summed E-state index contributed by atoms with van der Waals surface area (Å²) in [6.45, 7) is 7.73. The maximum atomic E-state index is 6.08. The first-order valence-corrected chi connectivity index (χ1v) is 5.94. The number of hydrogen-bond donors (Lipinski definition) is 0. The van der Waals surface area contributed by atoms with Gasteiger partial charge in [-0.25, -0.2) is 4.98 Å². The van der Waals surface area contributed by atoms with Gasteiger partial charge in [-0.1, -0.05) is 38.4 Å². The van der Waals surface area contributed by atoms with Crippen LogP contribution in [-0.2, 0) is 6.54 Å². The van der Waals surface area contributed by atoms with Crippen molar-refractivity contribution in [2.45, 2.75) is 33.7 Å². The summed E-state index contributed by atoms with van der Waals surface area (Å²) in [7, 11) is 0. The average Bonchev–Trinajstić information content (AvgIpc) is 2.58. The highest BCUT2D eigenvalue weighted by atomic mass is 35.5. The molecule has 0 bridgehead atoms. The van der Waals surface area contributed by atoms with Crippen LogP contribution in [0, 0.1) is 5.41 Å². The lowest BCUT2D eigenvalue weighted by molar-refractivity contribution is 0.352.